The van der Waals surface area contributed by atoms with E-state index in [4.69, 9.17) is 0 Å². The van der Waals surface area contributed by atoms with E-state index in [1.807, 2.05) is 0 Å². The van der Waals surface area contributed by atoms with E-state index >= 15 is 0 Å². The quantitative estimate of drug-likeness (QED) is 0.716. The zero-order valence-corrected chi connectivity index (χ0v) is 8.77. The molecule has 1 aromatic rings. The van der Waals surface area contributed by atoms with Crippen LogP contribution in [0.3, 0.4) is 0 Å². The first-order valence-corrected chi connectivity index (χ1v) is 5.10. The number of alkyl halides is 3. The average molecular weight is 265 g/mol. The van der Waals surface area contributed by atoms with Crippen LogP contribution in [-0.4, -0.2) is 6.18 Å². The summed E-state index contributed by atoms with van der Waals surface area (Å²) in [6.07, 6.45) is -3.79. The normalized spacial score (nSPS) is 26.3. The SMILES string of the molecule is FC(F)(F)[C@@H]1C[C@H]1c1ccc(Br)cc1. The van der Waals surface area contributed by atoms with Crippen LogP contribution in [0.15, 0.2) is 28.7 Å². The van der Waals surface area contributed by atoms with Crippen molar-refractivity contribution in [2.45, 2.75) is 18.5 Å². The molecule has 0 aliphatic heterocycles. The van der Waals surface area contributed by atoms with Gasteiger partial charge in [0.05, 0.1) is 5.92 Å². The minimum Gasteiger partial charge on any atom is -0.171 e. The van der Waals surface area contributed by atoms with Gasteiger partial charge in [-0.2, -0.15) is 13.2 Å². The highest BCUT2D eigenvalue weighted by Crippen LogP contribution is 2.56. The summed E-state index contributed by atoms with van der Waals surface area (Å²) in [6, 6.07) is 7.06. The van der Waals surface area contributed by atoms with Crippen LogP contribution in [-0.2, 0) is 0 Å². The molecule has 1 aliphatic rings. The van der Waals surface area contributed by atoms with Gasteiger partial charge in [-0.3, -0.25) is 0 Å². The Morgan fingerprint density at radius 3 is 2.14 bits per heavy atom. The first kappa shape index (κ1) is 10.0. The molecule has 76 valence electrons. The molecule has 0 nitrogen and oxygen atoms in total. The van der Waals surface area contributed by atoms with E-state index in [0.717, 1.165) is 10.0 Å². The Morgan fingerprint density at radius 1 is 1.14 bits per heavy atom. The molecule has 14 heavy (non-hydrogen) atoms. The van der Waals surface area contributed by atoms with Crippen LogP contribution >= 0.6 is 15.9 Å². The van der Waals surface area contributed by atoms with Crippen molar-refractivity contribution >= 4 is 15.9 Å². The summed E-state index contributed by atoms with van der Waals surface area (Å²) < 4.78 is 37.6. The number of benzene rings is 1. The molecule has 4 heteroatoms. The van der Waals surface area contributed by atoms with Gasteiger partial charge in [0.25, 0.3) is 0 Å². The van der Waals surface area contributed by atoms with Crippen LogP contribution < -0.4 is 0 Å². The molecule has 0 spiro atoms. The summed E-state index contributed by atoms with van der Waals surface area (Å²) in [5.74, 6) is -1.44. The van der Waals surface area contributed by atoms with Gasteiger partial charge in [0.1, 0.15) is 0 Å². The zero-order chi connectivity index (χ0) is 10.3. The monoisotopic (exact) mass is 264 g/mol. The van der Waals surface area contributed by atoms with Crippen molar-refractivity contribution in [2.24, 2.45) is 5.92 Å². The Labute approximate surface area is 88.2 Å². The molecule has 0 bridgehead atoms. The lowest BCUT2D eigenvalue weighted by Crippen LogP contribution is -2.11. The summed E-state index contributed by atoms with van der Waals surface area (Å²) >= 11 is 3.25. The van der Waals surface area contributed by atoms with E-state index < -0.39 is 12.1 Å². The Kier molecular flexibility index (Phi) is 2.33. The van der Waals surface area contributed by atoms with Crippen LogP contribution in [0.25, 0.3) is 0 Å². The second-order valence-corrected chi connectivity index (χ2v) is 4.46. The summed E-state index contributed by atoms with van der Waals surface area (Å²) in [4.78, 5) is 0. The molecule has 2 rings (SSSR count). The fourth-order valence-corrected chi connectivity index (χ4v) is 1.90. The summed E-state index contributed by atoms with van der Waals surface area (Å²) in [5, 5.41) is 0. The summed E-state index contributed by atoms with van der Waals surface area (Å²) in [5.41, 5.74) is 0.788. The molecule has 1 aliphatic carbocycles. The Morgan fingerprint density at radius 2 is 1.71 bits per heavy atom. The molecule has 1 fully saturated rings. The van der Waals surface area contributed by atoms with Gasteiger partial charge in [0.15, 0.2) is 0 Å². The van der Waals surface area contributed by atoms with Crippen LogP contribution in [0.4, 0.5) is 13.2 Å². The Hall–Kier alpha value is -0.510. The molecule has 0 aromatic heterocycles. The maximum absolute atomic E-state index is 12.2. The van der Waals surface area contributed by atoms with Gasteiger partial charge in [-0.05, 0) is 30.0 Å². The van der Waals surface area contributed by atoms with Gasteiger partial charge < -0.3 is 0 Å². The predicted molar refractivity (Wildman–Crippen MR) is 51.0 cm³/mol. The fraction of sp³-hybridized carbons (Fsp3) is 0.400. The van der Waals surface area contributed by atoms with Crippen molar-refractivity contribution < 1.29 is 13.2 Å². The molecule has 1 aromatic carbocycles. The maximum atomic E-state index is 12.2. The maximum Gasteiger partial charge on any atom is 0.392 e. The lowest BCUT2D eigenvalue weighted by atomic mass is 10.1. The summed E-state index contributed by atoms with van der Waals surface area (Å²) in [7, 11) is 0. The van der Waals surface area contributed by atoms with E-state index in [1.165, 1.54) is 0 Å². The van der Waals surface area contributed by atoms with Crippen LogP contribution in [0.1, 0.15) is 17.9 Å². The Bertz CT molecular complexity index is 328. The van der Waals surface area contributed by atoms with Crippen LogP contribution in [0.2, 0.25) is 0 Å². The van der Waals surface area contributed by atoms with E-state index in [0.29, 0.717) is 0 Å². The molecule has 0 amide bonds. The van der Waals surface area contributed by atoms with Crippen molar-refractivity contribution in [1.29, 1.82) is 0 Å². The molecule has 2 atom stereocenters. The third-order valence-electron chi connectivity index (χ3n) is 2.51. The van der Waals surface area contributed by atoms with Crippen molar-refractivity contribution in [3.63, 3.8) is 0 Å². The van der Waals surface area contributed by atoms with Crippen molar-refractivity contribution in [1.82, 2.24) is 0 Å². The van der Waals surface area contributed by atoms with Crippen LogP contribution in [0.5, 0.6) is 0 Å². The van der Waals surface area contributed by atoms with Gasteiger partial charge >= 0.3 is 6.18 Å². The highest BCUT2D eigenvalue weighted by molar-refractivity contribution is 9.10. The van der Waals surface area contributed by atoms with E-state index in [9.17, 15) is 13.2 Å². The topological polar surface area (TPSA) is 0 Å². The molecular formula is C10H8BrF3. The minimum atomic E-state index is -4.03. The highest BCUT2D eigenvalue weighted by atomic mass is 79.9. The smallest absolute Gasteiger partial charge is 0.171 e. The van der Waals surface area contributed by atoms with Crippen molar-refractivity contribution in [3.05, 3.63) is 34.3 Å². The van der Waals surface area contributed by atoms with Crippen LogP contribution in [0, 0.1) is 5.92 Å². The third-order valence-corrected chi connectivity index (χ3v) is 3.04. The van der Waals surface area contributed by atoms with Gasteiger partial charge in [-0.25, -0.2) is 0 Å². The second-order valence-electron chi connectivity index (χ2n) is 3.54. The lowest BCUT2D eigenvalue weighted by molar-refractivity contribution is -0.148. The minimum absolute atomic E-state index is 0.241. The second kappa shape index (κ2) is 3.26. The average Bonchev–Trinajstić information content (AvgIpc) is 2.83. The number of rotatable bonds is 1. The molecule has 0 saturated heterocycles. The molecule has 0 radical (unpaired) electrons. The molecule has 0 N–H and O–H groups in total. The van der Waals surface area contributed by atoms with E-state index in [-0.39, 0.29) is 12.3 Å². The molecule has 0 unspecified atom stereocenters. The highest BCUT2D eigenvalue weighted by Gasteiger charge is 2.55. The van der Waals surface area contributed by atoms with E-state index in [1.54, 1.807) is 24.3 Å². The first-order valence-electron chi connectivity index (χ1n) is 4.30. The molecule has 0 heterocycles. The standard InChI is InChI=1S/C10H8BrF3/c11-7-3-1-6(2-4-7)8-5-9(8)10(12,13)14/h1-4,8-9H,5H2/t8-,9+/m0/s1. The number of halogens is 4. The number of hydrogen-bond donors (Lipinski definition) is 0. The van der Waals surface area contributed by atoms with Gasteiger partial charge in [-0.1, -0.05) is 28.1 Å². The zero-order valence-electron chi connectivity index (χ0n) is 7.18. The van der Waals surface area contributed by atoms with E-state index in [2.05, 4.69) is 15.9 Å². The molecule has 1 saturated carbocycles. The lowest BCUT2D eigenvalue weighted by Gasteiger charge is -2.05. The largest absolute Gasteiger partial charge is 0.392 e. The first-order chi connectivity index (χ1) is 6.48. The van der Waals surface area contributed by atoms with Gasteiger partial charge in [-0.15, -0.1) is 0 Å². The fourth-order valence-electron chi connectivity index (χ4n) is 1.64. The van der Waals surface area contributed by atoms with Crippen molar-refractivity contribution in [3.8, 4) is 0 Å². The summed E-state index contributed by atoms with van der Waals surface area (Å²) in [6.45, 7) is 0. The molecular weight excluding hydrogens is 257 g/mol. The third kappa shape index (κ3) is 1.95. The Balaban J connectivity index is 2.10. The van der Waals surface area contributed by atoms with Gasteiger partial charge in [0, 0.05) is 4.47 Å². The number of hydrogen-bond acceptors (Lipinski definition) is 0. The predicted octanol–water partition coefficient (Wildman–Crippen LogP) is 4.11. The van der Waals surface area contributed by atoms with Gasteiger partial charge in [0.2, 0.25) is 0 Å². The van der Waals surface area contributed by atoms with Crippen molar-refractivity contribution in [2.75, 3.05) is 0 Å².